The van der Waals surface area contributed by atoms with Gasteiger partial charge in [0.25, 0.3) is 0 Å². The summed E-state index contributed by atoms with van der Waals surface area (Å²) in [7, 11) is 1.67. The molecule has 0 radical (unpaired) electrons. The number of urea groups is 1. The molecule has 0 aliphatic heterocycles. The van der Waals surface area contributed by atoms with Crippen LogP contribution >= 0.6 is 0 Å². The summed E-state index contributed by atoms with van der Waals surface area (Å²) in [5.74, 6) is 2.17. The van der Waals surface area contributed by atoms with E-state index in [2.05, 4.69) is 15.7 Å². The maximum atomic E-state index is 12.1. The summed E-state index contributed by atoms with van der Waals surface area (Å²) in [5, 5.41) is 9.91. The molecule has 0 spiro atoms. The molecule has 0 aromatic carbocycles. The molecule has 7 nitrogen and oxygen atoms in total. The fourth-order valence-electron chi connectivity index (χ4n) is 2.43. The molecule has 0 saturated heterocycles. The summed E-state index contributed by atoms with van der Waals surface area (Å²) >= 11 is 0. The average Bonchev–Trinajstić information content (AvgIpc) is 3.05. The lowest BCUT2D eigenvalue weighted by atomic mass is 10.1. The van der Waals surface area contributed by atoms with E-state index in [0.29, 0.717) is 12.4 Å². The number of aryl methyl sites for hydroxylation is 3. The Bertz CT molecular complexity index is 648. The van der Waals surface area contributed by atoms with Gasteiger partial charge in [0, 0.05) is 38.1 Å². The molecule has 0 aliphatic carbocycles. The van der Waals surface area contributed by atoms with Crippen LogP contribution in [-0.2, 0) is 11.3 Å². The van der Waals surface area contributed by atoms with Gasteiger partial charge >= 0.3 is 6.03 Å². The Balaban J connectivity index is 1.86. The van der Waals surface area contributed by atoms with E-state index in [0.717, 1.165) is 30.0 Å². The van der Waals surface area contributed by atoms with Crippen LogP contribution in [0.4, 0.5) is 10.6 Å². The lowest BCUT2D eigenvalue weighted by Crippen LogP contribution is -2.31. The number of aromatic nitrogens is 2. The Morgan fingerprint density at radius 3 is 2.91 bits per heavy atom. The minimum absolute atomic E-state index is 0.142. The second-order valence-electron chi connectivity index (χ2n) is 5.50. The normalized spacial score (nSPS) is 12.2. The summed E-state index contributed by atoms with van der Waals surface area (Å²) < 4.78 is 12.3. The summed E-state index contributed by atoms with van der Waals surface area (Å²) in [5.41, 5.74) is 0.975. The number of hydrogen-bond donors (Lipinski definition) is 2. The summed E-state index contributed by atoms with van der Waals surface area (Å²) in [6.07, 6.45) is 2.71. The largest absolute Gasteiger partial charge is 0.466 e. The van der Waals surface area contributed by atoms with E-state index in [9.17, 15) is 4.79 Å². The topological polar surface area (TPSA) is 81.3 Å². The maximum absolute atomic E-state index is 12.1. The highest BCUT2D eigenvalue weighted by Crippen LogP contribution is 2.21. The van der Waals surface area contributed by atoms with Gasteiger partial charge in [-0.25, -0.2) is 4.79 Å². The first-order chi connectivity index (χ1) is 11.0. The van der Waals surface area contributed by atoms with Crippen LogP contribution in [0.25, 0.3) is 0 Å². The highest BCUT2D eigenvalue weighted by atomic mass is 16.5. The molecule has 2 amide bonds. The van der Waals surface area contributed by atoms with Crippen molar-refractivity contribution >= 4 is 11.8 Å². The number of amides is 2. The molecule has 0 bridgehead atoms. The second-order valence-corrected chi connectivity index (χ2v) is 5.50. The zero-order valence-corrected chi connectivity index (χ0v) is 14.0. The zero-order chi connectivity index (χ0) is 16.8. The van der Waals surface area contributed by atoms with Crippen molar-refractivity contribution in [1.29, 1.82) is 0 Å². The number of furan rings is 1. The van der Waals surface area contributed by atoms with Gasteiger partial charge < -0.3 is 14.5 Å². The minimum atomic E-state index is -0.294. The standard InChI is InChI=1S/C16H24N4O3/c1-11-10-14(13(3)23-11)12(2)17-16(21)18-15-6-8-20(19-15)7-5-9-22-4/h6,8,10,12H,5,7,9H2,1-4H3,(H2,17,18,19,21)/t12-/m1/s1. The fraction of sp³-hybridized carbons (Fsp3) is 0.500. The van der Waals surface area contributed by atoms with E-state index in [1.54, 1.807) is 17.9 Å². The van der Waals surface area contributed by atoms with E-state index in [4.69, 9.17) is 9.15 Å². The van der Waals surface area contributed by atoms with Crippen LogP contribution in [0.15, 0.2) is 22.7 Å². The third kappa shape index (κ3) is 4.85. The van der Waals surface area contributed by atoms with Gasteiger partial charge in [0.05, 0.1) is 6.04 Å². The summed E-state index contributed by atoms with van der Waals surface area (Å²) in [4.78, 5) is 12.1. The lowest BCUT2D eigenvalue weighted by Gasteiger charge is -2.13. The SMILES string of the molecule is COCCCn1ccc(NC(=O)N[C@H](C)c2cc(C)oc2C)n1. The van der Waals surface area contributed by atoms with Crippen LogP contribution in [-0.4, -0.2) is 29.5 Å². The van der Waals surface area contributed by atoms with Crippen molar-refractivity contribution < 1.29 is 13.9 Å². The zero-order valence-electron chi connectivity index (χ0n) is 14.0. The number of anilines is 1. The quantitative estimate of drug-likeness (QED) is 0.768. The third-order valence-electron chi connectivity index (χ3n) is 3.51. The molecule has 0 saturated carbocycles. The van der Waals surface area contributed by atoms with Crippen molar-refractivity contribution in [2.45, 2.75) is 39.8 Å². The summed E-state index contributed by atoms with van der Waals surface area (Å²) in [6, 6.07) is 3.27. The van der Waals surface area contributed by atoms with E-state index in [1.165, 1.54) is 0 Å². The Morgan fingerprint density at radius 2 is 2.26 bits per heavy atom. The van der Waals surface area contributed by atoms with E-state index in [-0.39, 0.29) is 12.1 Å². The van der Waals surface area contributed by atoms with Gasteiger partial charge in [0.15, 0.2) is 5.82 Å². The fourth-order valence-corrected chi connectivity index (χ4v) is 2.43. The molecule has 2 heterocycles. The highest BCUT2D eigenvalue weighted by molar-refractivity contribution is 5.88. The predicted octanol–water partition coefficient (Wildman–Crippen LogP) is 3.01. The summed E-state index contributed by atoms with van der Waals surface area (Å²) in [6.45, 7) is 7.13. The number of rotatable bonds is 7. The Labute approximate surface area is 136 Å². The molecule has 126 valence electrons. The average molecular weight is 320 g/mol. The molecule has 1 atom stereocenters. The second kappa shape index (κ2) is 7.82. The lowest BCUT2D eigenvalue weighted by molar-refractivity contribution is 0.189. The van der Waals surface area contributed by atoms with Crippen molar-refractivity contribution in [3.63, 3.8) is 0 Å². The van der Waals surface area contributed by atoms with Crippen molar-refractivity contribution in [3.8, 4) is 0 Å². The number of carbonyl (C=O) groups is 1. The molecule has 7 heteroatoms. The number of ether oxygens (including phenoxy) is 1. The van der Waals surface area contributed by atoms with Gasteiger partial charge in [-0.3, -0.25) is 10.00 Å². The molecule has 23 heavy (non-hydrogen) atoms. The molecule has 0 aliphatic rings. The van der Waals surface area contributed by atoms with Gasteiger partial charge in [0.1, 0.15) is 11.5 Å². The number of nitrogens with one attached hydrogen (secondary N) is 2. The van der Waals surface area contributed by atoms with Gasteiger partial charge in [-0.15, -0.1) is 0 Å². The Kier molecular flexibility index (Phi) is 5.81. The molecular weight excluding hydrogens is 296 g/mol. The van der Waals surface area contributed by atoms with E-state index < -0.39 is 0 Å². The van der Waals surface area contributed by atoms with Gasteiger partial charge in [-0.2, -0.15) is 5.10 Å². The Morgan fingerprint density at radius 1 is 1.48 bits per heavy atom. The first-order valence-electron chi connectivity index (χ1n) is 7.66. The van der Waals surface area contributed by atoms with Crippen LogP contribution in [0, 0.1) is 13.8 Å². The van der Waals surface area contributed by atoms with Gasteiger partial charge in [0.2, 0.25) is 0 Å². The number of carbonyl (C=O) groups excluding carboxylic acids is 1. The molecular formula is C16H24N4O3. The van der Waals surface area contributed by atoms with Crippen LogP contribution in [0.5, 0.6) is 0 Å². The molecule has 2 aromatic heterocycles. The number of hydrogen-bond acceptors (Lipinski definition) is 4. The molecule has 2 N–H and O–H groups in total. The Hall–Kier alpha value is -2.28. The van der Waals surface area contributed by atoms with Crippen molar-refractivity contribution in [2.24, 2.45) is 0 Å². The van der Waals surface area contributed by atoms with Crippen LogP contribution in [0.2, 0.25) is 0 Å². The molecule has 2 rings (SSSR count). The first kappa shape index (κ1) is 17.1. The molecule has 0 unspecified atom stereocenters. The molecule has 2 aromatic rings. The third-order valence-corrected chi connectivity index (χ3v) is 3.51. The maximum Gasteiger partial charge on any atom is 0.320 e. The first-order valence-corrected chi connectivity index (χ1v) is 7.66. The van der Waals surface area contributed by atoms with Crippen molar-refractivity contribution in [3.05, 3.63) is 35.4 Å². The van der Waals surface area contributed by atoms with Crippen LogP contribution < -0.4 is 10.6 Å². The van der Waals surface area contributed by atoms with Gasteiger partial charge in [-0.1, -0.05) is 0 Å². The smallest absolute Gasteiger partial charge is 0.320 e. The number of methoxy groups -OCH3 is 1. The van der Waals surface area contributed by atoms with E-state index in [1.807, 2.05) is 33.0 Å². The van der Waals surface area contributed by atoms with Crippen molar-refractivity contribution in [1.82, 2.24) is 15.1 Å². The minimum Gasteiger partial charge on any atom is -0.466 e. The monoisotopic (exact) mass is 320 g/mol. The van der Waals surface area contributed by atoms with Crippen molar-refractivity contribution in [2.75, 3.05) is 19.0 Å². The molecule has 0 fully saturated rings. The predicted molar refractivity (Wildman–Crippen MR) is 87.5 cm³/mol. The highest BCUT2D eigenvalue weighted by Gasteiger charge is 2.15. The van der Waals surface area contributed by atoms with E-state index >= 15 is 0 Å². The van der Waals surface area contributed by atoms with Crippen LogP contribution in [0.3, 0.4) is 0 Å². The van der Waals surface area contributed by atoms with Gasteiger partial charge in [-0.05, 0) is 33.3 Å². The van der Waals surface area contributed by atoms with Crippen LogP contribution in [0.1, 0.15) is 36.5 Å². The number of nitrogens with zero attached hydrogens (tertiary/aromatic N) is 2.